The van der Waals surface area contributed by atoms with Gasteiger partial charge in [-0.25, -0.2) is 19.6 Å². The SMILES string of the molecule is CC(=O)Nc1ccc2nc(-c3ccc(-c4nc5ccc(NC(C)=O)cc5c(=O)o4)cc3)oc(=O)c2c1. The van der Waals surface area contributed by atoms with Gasteiger partial charge in [-0.15, -0.1) is 0 Å². The molecule has 0 atom stereocenters. The highest BCUT2D eigenvalue weighted by atomic mass is 16.4. The van der Waals surface area contributed by atoms with Crippen molar-refractivity contribution in [2.24, 2.45) is 0 Å². The predicted molar refractivity (Wildman–Crippen MR) is 134 cm³/mol. The summed E-state index contributed by atoms with van der Waals surface area (Å²) in [6.07, 6.45) is 0. The van der Waals surface area contributed by atoms with Crippen LogP contribution in [0.1, 0.15) is 13.8 Å². The van der Waals surface area contributed by atoms with Crippen LogP contribution in [0.2, 0.25) is 0 Å². The molecule has 0 aliphatic rings. The minimum Gasteiger partial charge on any atom is -0.403 e. The van der Waals surface area contributed by atoms with E-state index in [9.17, 15) is 19.2 Å². The molecule has 178 valence electrons. The first-order valence-electron chi connectivity index (χ1n) is 10.8. The zero-order valence-corrected chi connectivity index (χ0v) is 19.1. The minimum absolute atomic E-state index is 0.116. The molecule has 0 fully saturated rings. The lowest BCUT2D eigenvalue weighted by molar-refractivity contribution is -0.115. The van der Waals surface area contributed by atoms with Crippen LogP contribution in [0, 0.1) is 0 Å². The maximum absolute atomic E-state index is 12.5. The Kier molecular flexibility index (Phi) is 5.61. The molecule has 0 spiro atoms. The van der Waals surface area contributed by atoms with E-state index in [4.69, 9.17) is 8.83 Å². The van der Waals surface area contributed by atoms with Crippen molar-refractivity contribution >= 4 is 45.0 Å². The second kappa shape index (κ2) is 8.91. The molecule has 0 unspecified atom stereocenters. The summed E-state index contributed by atoms with van der Waals surface area (Å²) >= 11 is 0. The van der Waals surface area contributed by atoms with Gasteiger partial charge in [0, 0.05) is 36.3 Å². The zero-order chi connectivity index (χ0) is 25.4. The number of aromatic nitrogens is 2. The van der Waals surface area contributed by atoms with Crippen LogP contribution in [-0.4, -0.2) is 21.8 Å². The quantitative estimate of drug-likeness (QED) is 0.392. The van der Waals surface area contributed by atoms with Gasteiger partial charge in [-0.1, -0.05) is 0 Å². The molecule has 0 aliphatic carbocycles. The molecular formula is C26H18N4O6. The van der Waals surface area contributed by atoms with Crippen LogP contribution in [-0.2, 0) is 9.59 Å². The molecule has 0 bridgehead atoms. The molecule has 2 N–H and O–H groups in total. The van der Waals surface area contributed by atoms with Gasteiger partial charge in [0.15, 0.2) is 0 Å². The van der Waals surface area contributed by atoms with Crippen molar-refractivity contribution < 1.29 is 18.4 Å². The summed E-state index contributed by atoms with van der Waals surface area (Å²) in [7, 11) is 0. The number of carbonyl (C=O) groups excluding carboxylic acids is 2. The summed E-state index contributed by atoms with van der Waals surface area (Å²) in [6.45, 7) is 2.75. The molecular weight excluding hydrogens is 464 g/mol. The Morgan fingerprint density at radius 1 is 0.639 bits per heavy atom. The third kappa shape index (κ3) is 4.47. The summed E-state index contributed by atoms with van der Waals surface area (Å²) in [4.78, 5) is 56.4. The average molecular weight is 482 g/mol. The highest BCUT2D eigenvalue weighted by Crippen LogP contribution is 2.25. The number of fused-ring (bicyclic) bond motifs is 2. The molecule has 0 saturated heterocycles. The van der Waals surface area contributed by atoms with E-state index < -0.39 is 11.3 Å². The normalized spacial score (nSPS) is 10.9. The number of nitrogens with one attached hydrogen (secondary N) is 2. The molecule has 36 heavy (non-hydrogen) atoms. The van der Waals surface area contributed by atoms with Crippen LogP contribution in [0.3, 0.4) is 0 Å². The lowest BCUT2D eigenvalue weighted by atomic mass is 10.1. The Morgan fingerprint density at radius 2 is 1.03 bits per heavy atom. The Bertz CT molecular complexity index is 1660. The maximum atomic E-state index is 12.5. The molecule has 10 nitrogen and oxygen atoms in total. The summed E-state index contributed by atoms with van der Waals surface area (Å²) < 4.78 is 10.8. The van der Waals surface area contributed by atoms with Crippen LogP contribution in [0.15, 0.2) is 79.1 Å². The second-order valence-electron chi connectivity index (χ2n) is 8.02. The van der Waals surface area contributed by atoms with Crippen molar-refractivity contribution in [3.63, 3.8) is 0 Å². The molecule has 0 saturated carbocycles. The predicted octanol–water partition coefficient (Wildman–Crippen LogP) is 3.94. The van der Waals surface area contributed by atoms with Gasteiger partial charge in [-0.05, 0) is 60.7 Å². The summed E-state index contributed by atoms with van der Waals surface area (Å²) in [5.41, 5.74) is 1.66. The lowest BCUT2D eigenvalue weighted by Crippen LogP contribution is -2.08. The molecule has 5 aromatic rings. The number of hydrogen-bond acceptors (Lipinski definition) is 8. The first kappa shape index (κ1) is 22.7. The van der Waals surface area contributed by atoms with E-state index in [2.05, 4.69) is 20.6 Å². The molecule has 0 radical (unpaired) electrons. The number of amides is 2. The van der Waals surface area contributed by atoms with E-state index in [1.54, 1.807) is 48.5 Å². The molecule has 2 heterocycles. The van der Waals surface area contributed by atoms with Crippen LogP contribution < -0.4 is 21.9 Å². The molecule has 3 aromatic carbocycles. The van der Waals surface area contributed by atoms with Gasteiger partial charge in [0.25, 0.3) is 0 Å². The number of nitrogens with zero attached hydrogens (tertiary/aromatic N) is 2. The van der Waals surface area contributed by atoms with Gasteiger partial charge in [-0.3, -0.25) is 9.59 Å². The number of benzene rings is 3. The van der Waals surface area contributed by atoms with Crippen molar-refractivity contribution in [2.45, 2.75) is 13.8 Å². The second-order valence-corrected chi connectivity index (χ2v) is 8.02. The van der Waals surface area contributed by atoms with Crippen LogP contribution in [0.4, 0.5) is 11.4 Å². The van der Waals surface area contributed by atoms with Crippen molar-refractivity contribution in [1.29, 1.82) is 0 Å². The molecule has 5 rings (SSSR count). The van der Waals surface area contributed by atoms with Gasteiger partial charge in [0.05, 0.1) is 21.8 Å². The highest BCUT2D eigenvalue weighted by molar-refractivity contribution is 5.93. The van der Waals surface area contributed by atoms with Crippen LogP contribution in [0.25, 0.3) is 44.7 Å². The summed E-state index contributed by atoms with van der Waals surface area (Å²) in [6, 6.07) is 16.2. The fourth-order valence-electron chi connectivity index (χ4n) is 3.71. The van der Waals surface area contributed by atoms with E-state index in [1.165, 1.54) is 26.0 Å². The van der Waals surface area contributed by atoms with Gasteiger partial charge >= 0.3 is 11.3 Å². The minimum atomic E-state index is -0.591. The Labute approximate surface area is 202 Å². The van der Waals surface area contributed by atoms with E-state index in [0.29, 0.717) is 33.5 Å². The fraction of sp³-hybridized carbons (Fsp3) is 0.0769. The fourth-order valence-corrected chi connectivity index (χ4v) is 3.71. The lowest BCUT2D eigenvalue weighted by Gasteiger charge is -2.06. The molecule has 2 amide bonds. The van der Waals surface area contributed by atoms with E-state index in [1.807, 2.05) is 0 Å². The zero-order valence-electron chi connectivity index (χ0n) is 19.1. The Hall–Kier alpha value is -5.12. The van der Waals surface area contributed by atoms with E-state index in [0.717, 1.165) is 0 Å². The van der Waals surface area contributed by atoms with Crippen molar-refractivity contribution in [2.75, 3.05) is 10.6 Å². The Morgan fingerprint density at radius 3 is 1.39 bits per heavy atom. The first-order valence-corrected chi connectivity index (χ1v) is 10.8. The van der Waals surface area contributed by atoms with Gasteiger partial charge in [0.2, 0.25) is 23.6 Å². The third-order valence-electron chi connectivity index (χ3n) is 5.28. The number of hydrogen-bond donors (Lipinski definition) is 2. The third-order valence-corrected chi connectivity index (χ3v) is 5.28. The molecule has 10 heteroatoms. The van der Waals surface area contributed by atoms with Crippen LogP contribution >= 0.6 is 0 Å². The van der Waals surface area contributed by atoms with Gasteiger partial charge in [-0.2, -0.15) is 0 Å². The summed E-state index contributed by atoms with van der Waals surface area (Å²) in [5.74, 6) is -0.278. The van der Waals surface area contributed by atoms with Gasteiger partial charge in [0.1, 0.15) is 0 Å². The topological polar surface area (TPSA) is 144 Å². The van der Waals surface area contributed by atoms with Crippen molar-refractivity contribution in [3.8, 4) is 22.9 Å². The monoisotopic (exact) mass is 482 g/mol. The van der Waals surface area contributed by atoms with E-state index in [-0.39, 0.29) is 34.4 Å². The smallest absolute Gasteiger partial charge is 0.347 e. The highest BCUT2D eigenvalue weighted by Gasteiger charge is 2.13. The average Bonchev–Trinajstić information content (AvgIpc) is 2.84. The number of rotatable bonds is 4. The number of anilines is 2. The van der Waals surface area contributed by atoms with Crippen molar-refractivity contribution in [3.05, 3.63) is 81.5 Å². The largest absolute Gasteiger partial charge is 0.403 e. The van der Waals surface area contributed by atoms with Crippen molar-refractivity contribution in [1.82, 2.24) is 9.97 Å². The number of carbonyl (C=O) groups is 2. The Balaban J connectivity index is 1.47. The van der Waals surface area contributed by atoms with Gasteiger partial charge < -0.3 is 19.5 Å². The standard InChI is InChI=1S/C26H18N4O6/c1-13(31)27-17-7-9-21-19(11-17)25(33)35-23(29-21)15-3-5-16(6-4-15)24-30-22-10-8-18(28-14(2)32)12-20(22)26(34)36-24/h3-12H,1-2H3,(H,27,31)(H,28,32). The van der Waals surface area contributed by atoms with Crippen LogP contribution in [0.5, 0.6) is 0 Å². The maximum Gasteiger partial charge on any atom is 0.347 e. The molecule has 0 aliphatic heterocycles. The first-order chi connectivity index (χ1) is 17.3. The summed E-state index contributed by atoms with van der Waals surface area (Å²) in [5, 5.41) is 5.71. The molecule has 2 aromatic heterocycles. The van der Waals surface area contributed by atoms with E-state index >= 15 is 0 Å².